The van der Waals surface area contributed by atoms with Crippen molar-refractivity contribution in [3.63, 3.8) is 0 Å². The highest BCUT2D eigenvalue weighted by molar-refractivity contribution is 5.25. The summed E-state index contributed by atoms with van der Waals surface area (Å²) in [6.45, 7) is 10.1. The van der Waals surface area contributed by atoms with Crippen molar-refractivity contribution in [2.45, 2.75) is 104 Å². The first-order chi connectivity index (χ1) is 13.8. The smallest absolute Gasteiger partial charge is 0.0577 e. The predicted molar refractivity (Wildman–Crippen MR) is 120 cm³/mol. The van der Waals surface area contributed by atoms with Crippen LogP contribution in [-0.2, 0) is 0 Å². The van der Waals surface area contributed by atoms with Crippen molar-refractivity contribution < 1.29 is 10.2 Å². The monoisotopic (exact) mass is 402 g/mol. The van der Waals surface area contributed by atoms with Gasteiger partial charge in [-0.25, -0.2) is 0 Å². The maximum atomic E-state index is 10.3. The van der Waals surface area contributed by atoms with E-state index in [-0.39, 0.29) is 6.10 Å². The van der Waals surface area contributed by atoms with Gasteiger partial charge >= 0.3 is 0 Å². The number of aliphatic hydroxyl groups excluding tert-OH is 2. The summed E-state index contributed by atoms with van der Waals surface area (Å²) in [6, 6.07) is 0. The molecule has 2 nitrogen and oxygen atoms in total. The summed E-state index contributed by atoms with van der Waals surface area (Å²) in [7, 11) is 0. The molecule has 0 unspecified atom stereocenters. The molecule has 0 aromatic rings. The van der Waals surface area contributed by atoms with Gasteiger partial charge in [0.1, 0.15) is 0 Å². The normalized spacial score (nSPS) is 45.3. The Morgan fingerprint density at radius 1 is 1.03 bits per heavy atom. The molecule has 0 bridgehead atoms. The molecule has 0 heterocycles. The summed E-state index contributed by atoms with van der Waals surface area (Å²) >= 11 is 0. The zero-order valence-corrected chi connectivity index (χ0v) is 19.5. The van der Waals surface area contributed by atoms with Crippen molar-refractivity contribution in [2.75, 3.05) is 6.61 Å². The van der Waals surface area contributed by atoms with Gasteiger partial charge in [-0.15, -0.1) is 0 Å². The molecule has 0 aromatic heterocycles. The molecule has 0 radical (unpaired) electrons. The van der Waals surface area contributed by atoms with Gasteiger partial charge in [-0.3, -0.25) is 0 Å². The van der Waals surface area contributed by atoms with Crippen LogP contribution >= 0.6 is 0 Å². The van der Waals surface area contributed by atoms with Crippen molar-refractivity contribution in [3.8, 4) is 0 Å². The van der Waals surface area contributed by atoms with Crippen LogP contribution < -0.4 is 0 Å². The largest absolute Gasteiger partial charge is 0.396 e. The summed E-state index contributed by atoms with van der Waals surface area (Å²) < 4.78 is 0. The first-order valence-electron chi connectivity index (χ1n) is 12.8. The van der Waals surface area contributed by atoms with Crippen LogP contribution in [0.5, 0.6) is 0 Å². The van der Waals surface area contributed by atoms with Crippen LogP contribution in [0.15, 0.2) is 11.6 Å². The summed E-state index contributed by atoms with van der Waals surface area (Å²) in [5, 5.41) is 20.5. The Balaban J connectivity index is 1.51. The second-order valence-corrected chi connectivity index (χ2v) is 12.2. The summed E-state index contributed by atoms with van der Waals surface area (Å²) in [6.07, 6.45) is 16.0. The highest BCUT2D eigenvalue weighted by Gasteiger charge is 2.59. The van der Waals surface area contributed by atoms with Gasteiger partial charge in [0.2, 0.25) is 0 Å². The fourth-order valence-electron chi connectivity index (χ4n) is 8.66. The Hall–Kier alpha value is -0.340. The van der Waals surface area contributed by atoms with E-state index in [1.165, 1.54) is 57.8 Å². The Labute approximate surface area is 179 Å². The highest BCUT2D eigenvalue weighted by atomic mass is 16.3. The summed E-state index contributed by atoms with van der Waals surface area (Å²) in [5.74, 6) is 4.49. The lowest BCUT2D eigenvalue weighted by atomic mass is 9.47. The number of fused-ring (bicyclic) bond motifs is 5. The van der Waals surface area contributed by atoms with Gasteiger partial charge in [-0.2, -0.15) is 0 Å². The third-order valence-electron chi connectivity index (χ3n) is 10.3. The van der Waals surface area contributed by atoms with E-state index >= 15 is 0 Å². The number of aliphatic hydroxyl groups is 2. The second-order valence-electron chi connectivity index (χ2n) is 12.2. The summed E-state index contributed by atoms with van der Waals surface area (Å²) in [4.78, 5) is 0. The lowest BCUT2D eigenvalue weighted by Gasteiger charge is -2.58. The van der Waals surface area contributed by atoms with E-state index in [1.54, 1.807) is 5.57 Å². The number of hydrogen-bond acceptors (Lipinski definition) is 2. The average molecular weight is 403 g/mol. The van der Waals surface area contributed by atoms with Crippen LogP contribution in [0, 0.1) is 46.3 Å². The van der Waals surface area contributed by atoms with Gasteiger partial charge in [-0.05, 0) is 104 Å². The fourth-order valence-corrected chi connectivity index (χ4v) is 8.66. The minimum Gasteiger partial charge on any atom is -0.396 e. The molecule has 0 spiro atoms. The molecule has 0 saturated heterocycles. The zero-order valence-electron chi connectivity index (χ0n) is 19.5. The van der Waals surface area contributed by atoms with E-state index < -0.39 is 0 Å². The molecule has 3 saturated carbocycles. The molecule has 4 rings (SSSR count). The van der Waals surface area contributed by atoms with E-state index in [1.807, 2.05) is 0 Å². The molecule has 4 aliphatic carbocycles. The Kier molecular flexibility index (Phi) is 6.26. The number of allylic oxidation sites excluding steroid dienone is 1. The van der Waals surface area contributed by atoms with E-state index in [2.05, 4.69) is 33.8 Å². The van der Waals surface area contributed by atoms with Crippen LogP contribution in [0.25, 0.3) is 0 Å². The van der Waals surface area contributed by atoms with Crippen LogP contribution in [0.2, 0.25) is 0 Å². The SMILES string of the molecule is CC(C)CCC[C@@H](CO)[C@H]1CC[C@H]2[C@@H]3CC=C4C[C@H](O)CC[C@]4(C)[C@H]3CC[C@]12C. The van der Waals surface area contributed by atoms with Crippen LogP contribution in [-0.4, -0.2) is 22.9 Å². The minimum atomic E-state index is -0.105. The zero-order chi connectivity index (χ0) is 20.8. The van der Waals surface area contributed by atoms with E-state index in [9.17, 15) is 10.2 Å². The first-order valence-corrected chi connectivity index (χ1v) is 12.8. The van der Waals surface area contributed by atoms with Crippen LogP contribution in [0.3, 0.4) is 0 Å². The predicted octanol–water partition coefficient (Wildman–Crippen LogP) is 6.36. The topological polar surface area (TPSA) is 40.5 Å². The van der Waals surface area contributed by atoms with Gasteiger partial charge in [0, 0.05) is 6.61 Å². The van der Waals surface area contributed by atoms with Gasteiger partial charge < -0.3 is 10.2 Å². The molecule has 0 amide bonds. The minimum absolute atomic E-state index is 0.105. The maximum Gasteiger partial charge on any atom is 0.0577 e. The van der Waals surface area contributed by atoms with Gasteiger partial charge in [-0.1, -0.05) is 52.2 Å². The molecule has 8 atom stereocenters. The molecule has 4 aliphatic rings. The lowest BCUT2D eigenvalue weighted by Crippen LogP contribution is -2.51. The molecular formula is C27H46O2. The Morgan fingerprint density at radius 3 is 2.55 bits per heavy atom. The maximum absolute atomic E-state index is 10.3. The van der Waals surface area contributed by atoms with E-state index in [0.717, 1.165) is 42.4 Å². The molecule has 2 heteroatoms. The second kappa shape index (κ2) is 8.30. The molecule has 0 aromatic carbocycles. The third kappa shape index (κ3) is 3.75. The molecule has 166 valence electrons. The molecule has 0 aliphatic heterocycles. The highest BCUT2D eigenvalue weighted by Crippen LogP contribution is 2.67. The Morgan fingerprint density at radius 2 is 1.83 bits per heavy atom. The average Bonchev–Trinajstić information content (AvgIpc) is 3.03. The number of rotatable bonds is 6. The molecular weight excluding hydrogens is 356 g/mol. The molecule has 3 fully saturated rings. The molecule has 29 heavy (non-hydrogen) atoms. The standard InChI is InChI=1S/C27H46O2/c1-18(2)6-5-7-19(17-28)23-10-11-24-22-9-8-20-16-21(29)12-14-26(20,3)25(22)13-15-27(23,24)4/h8,18-19,21-25,28-29H,5-7,9-17H2,1-4H3/t19-,21+,22-,23+,24-,25-,26-,27+/m0/s1. The lowest BCUT2D eigenvalue weighted by molar-refractivity contribution is -0.0623. The van der Waals surface area contributed by atoms with Crippen molar-refractivity contribution in [1.82, 2.24) is 0 Å². The van der Waals surface area contributed by atoms with Crippen LogP contribution in [0.1, 0.15) is 98.3 Å². The van der Waals surface area contributed by atoms with Gasteiger partial charge in [0.05, 0.1) is 6.10 Å². The third-order valence-corrected chi connectivity index (χ3v) is 10.3. The van der Waals surface area contributed by atoms with Crippen molar-refractivity contribution in [1.29, 1.82) is 0 Å². The van der Waals surface area contributed by atoms with E-state index in [4.69, 9.17) is 0 Å². The Bertz CT molecular complexity index is 610. The van der Waals surface area contributed by atoms with Gasteiger partial charge in [0.25, 0.3) is 0 Å². The van der Waals surface area contributed by atoms with Crippen molar-refractivity contribution in [3.05, 3.63) is 11.6 Å². The van der Waals surface area contributed by atoms with Crippen molar-refractivity contribution in [2.24, 2.45) is 46.3 Å². The quantitative estimate of drug-likeness (QED) is 0.507. The van der Waals surface area contributed by atoms with E-state index in [0.29, 0.717) is 23.4 Å². The summed E-state index contributed by atoms with van der Waals surface area (Å²) in [5.41, 5.74) is 2.36. The van der Waals surface area contributed by atoms with Crippen LogP contribution in [0.4, 0.5) is 0 Å². The van der Waals surface area contributed by atoms with Crippen molar-refractivity contribution >= 4 is 0 Å². The van der Waals surface area contributed by atoms with Gasteiger partial charge in [0.15, 0.2) is 0 Å². The first kappa shape index (κ1) is 21.9. The number of hydrogen-bond donors (Lipinski definition) is 2. The molecule has 2 N–H and O–H groups in total. The fraction of sp³-hybridized carbons (Fsp3) is 0.926.